The Morgan fingerprint density at radius 1 is 0.971 bits per heavy atom. The molecular weight excluding hydrogens is 440 g/mol. The van der Waals surface area contributed by atoms with Crippen LogP contribution in [0.2, 0.25) is 0 Å². The number of hydrogen-bond donors (Lipinski definition) is 1. The Labute approximate surface area is 206 Å². The summed E-state index contributed by atoms with van der Waals surface area (Å²) < 4.78 is 11.7. The third kappa shape index (κ3) is 5.30. The zero-order valence-electron chi connectivity index (χ0n) is 20.1. The van der Waals surface area contributed by atoms with Crippen molar-refractivity contribution in [2.75, 3.05) is 31.5 Å². The van der Waals surface area contributed by atoms with Crippen LogP contribution >= 0.6 is 0 Å². The third-order valence-corrected chi connectivity index (χ3v) is 6.34. The topological polar surface area (TPSA) is 66.4 Å². The molecule has 2 aliphatic rings. The van der Waals surface area contributed by atoms with Gasteiger partial charge in [-0.25, -0.2) is 9.79 Å². The summed E-state index contributed by atoms with van der Waals surface area (Å²) in [6.45, 7) is 8.35. The van der Waals surface area contributed by atoms with Gasteiger partial charge in [-0.15, -0.1) is 0 Å². The summed E-state index contributed by atoms with van der Waals surface area (Å²) in [5.74, 6) is 2.28. The van der Waals surface area contributed by atoms with E-state index < -0.39 is 6.09 Å². The number of benzene rings is 3. The summed E-state index contributed by atoms with van der Waals surface area (Å²) in [5.41, 5.74) is 3.21. The van der Waals surface area contributed by atoms with Gasteiger partial charge in [-0.05, 0) is 49.7 Å². The highest BCUT2D eigenvalue weighted by atomic mass is 16.5. The molecule has 7 heteroatoms. The molecule has 7 nitrogen and oxygen atoms in total. The maximum absolute atomic E-state index is 12.5. The predicted molar refractivity (Wildman–Crippen MR) is 138 cm³/mol. The quantitative estimate of drug-likeness (QED) is 0.534. The molecule has 1 fully saturated rings. The lowest BCUT2D eigenvalue weighted by molar-refractivity contribution is 0.149. The van der Waals surface area contributed by atoms with E-state index >= 15 is 0 Å². The molecule has 1 saturated heterocycles. The van der Waals surface area contributed by atoms with Crippen molar-refractivity contribution >= 4 is 23.3 Å². The maximum Gasteiger partial charge on any atom is 0.411 e. The largest absolute Gasteiger partial charge is 0.454 e. The van der Waals surface area contributed by atoms with Crippen LogP contribution in [0.15, 0.2) is 77.8 Å². The van der Waals surface area contributed by atoms with Crippen molar-refractivity contribution in [1.82, 2.24) is 9.80 Å². The fourth-order valence-corrected chi connectivity index (χ4v) is 4.37. The molecule has 0 aromatic heterocycles. The first kappa shape index (κ1) is 22.9. The number of rotatable bonds is 4. The molecule has 2 heterocycles. The van der Waals surface area contributed by atoms with Gasteiger partial charge in [0.15, 0.2) is 5.75 Å². The van der Waals surface area contributed by atoms with Gasteiger partial charge < -0.3 is 14.4 Å². The molecule has 0 unspecified atom stereocenters. The van der Waals surface area contributed by atoms with Crippen LogP contribution in [0.4, 0.5) is 16.2 Å². The Hall–Kier alpha value is -3.84. The molecular formula is C28H30N4O3. The van der Waals surface area contributed by atoms with E-state index in [0.29, 0.717) is 23.2 Å². The molecule has 0 aliphatic carbocycles. The summed E-state index contributed by atoms with van der Waals surface area (Å²) in [7, 11) is 0. The number of para-hydroxylation sites is 2. The van der Waals surface area contributed by atoms with Crippen molar-refractivity contribution in [2.45, 2.75) is 26.5 Å². The van der Waals surface area contributed by atoms with Gasteiger partial charge in [-0.3, -0.25) is 10.2 Å². The first-order chi connectivity index (χ1) is 17.1. The van der Waals surface area contributed by atoms with Crippen LogP contribution < -0.4 is 10.1 Å². The summed E-state index contributed by atoms with van der Waals surface area (Å²) in [4.78, 5) is 22.3. The van der Waals surface area contributed by atoms with Crippen molar-refractivity contribution in [3.05, 3.63) is 83.9 Å². The molecule has 0 bridgehead atoms. The standard InChI is InChI=1S/C28H30N4O3/c1-20(2)31-14-16-32(17-15-31)27-23-18-22(29-28(33)34-19-21-8-4-3-5-9-21)12-13-25(23)35-26-11-7-6-10-24(26)30-27/h3-13,18,20H,14-17,19H2,1-2H3,(H,29,33). The van der Waals surface area contributed by atoms with Gasteiger partial charge in [0.05, 0.1) is 5.56 Å². The number of aliphatic imine (C=N–C) groups is 1. The van der Waals surface area contributed by atoms with Gasteiger partial charge in [-0.2, -0.15) is 0 Å². The number of amidine groups is 1. The van der Waals surface area contributed by atoms with Gasteiger partial charge in [0.25, 0.3) is 0 Å². The SMILES string of the molecule is CC(C)N1CCN(C2=Nc3ccccc3Oc3ccc(NC(=O)OCc4ccccc4)cc32)CC1. The number of nitrogens with one attached hydrogen (secondary N) is 1. The second-order valence-electron chi connectivity index (χ2n) is 9.02. The number of carbonyl (C=O) groups is 1. The van der Waals surface area contributed by atoms with Gasteiger partial charge in [-0.1, -0.05) is 42.5 Å². The van der Waals surface area contributed by atoms with E-state index in [0.717, 1.165) is 48.8 Å². The van der Waals surface area contributed by atoms with Crippen molar-refractivity contribution in [3.8, 4) is 11.5 Å². The lowest BCUT2D eigenvalue weighted by Crippen LogP contribution is -2.50. The second kappa shape index (κ2) is 10.2. The monoisotopic (exact) mass is 470 g/mol. The minimum atomic E-state index is -0.504. The van der Waals surface area contributed by atoms with Crippen LogP contribution in [-0.4, -0.2) is 53.9 Å². The summed E-state index contributed by atoms with van der Waals surface area (Å²) >= 11 is 0. The van der Waals surface area contributed by atoms with Crippen molar-refractivity contribution in [3.63, 3.8) is 0 Å². The Morgan fingerprint density at radius 2 is 1.71 bits per heavy atom. The molecule has 3 aromatic rings. The average Bonchev–Trinajstić information content (AvgIpc) is 3.05. The second-order valence-corrected chi connectivity index (χ2v) is 9.02. The molecule has 0 saturated carbocycles. The molecule has 0 atom stereocenters. The predicted octanol–water partition coefficient (Wildman–Crippen LogP) is 5.65. The summed E-state index contributed by atoms with van der Waals surface area (Å²) in [6.07, 6.45) is -0.504. The molecule has 0 spiro atoms. The summed E-state index contributed by atoms with van der Waals surface area (Å²) in [6, 6.07) is 23.5. The first-order valence-electron chi connectivity index (χ1n) is 12.0. The lowest BCUT2D eigenvalue weighted by atomic mass is 10.1. The van der Waals surface area contributed by atoms with E-state index in [1.165, 1.54) is 0 Å². The fourth-order valence-electron chi connectivity index (χ4n) is 4.37. The highest BCUT2D eigenvalue weighted by molar-refractivity contribution is 6.05. The normalized spacial score (nSPS) is 15.4. The highest BCUT2D eigenvalue weighted by Gasteiger charge is 2.27. The molecule has 1 N–H and O–H groups in total. The lowest BCUT2D eigenvalue weighted by Gasteiger charge is -2.38. The van der Waals surface area contributed by atoms with E-state index in [1.54, 1.807) is 0 Å². The number of amides is 1. The minimum Gasteiger partial charge on any atom is -0.454 e. The van der Waals surface area contributed by atoms with Crippen LogP contribution in [0.3, 0.4) is 0 Å². The van der Waals surface area contributed by atoms with Gasteiger partial charge in [0.1, 0.15) is 23.9 Å². The molecule has 2 aliphatic heterocycles. The maximum atomic E-state index is 12.5. The number of nitrogens with zero attached hydrogens (tertiary/aromatic N) is 3. The number of fused-ring (bicyclic) bond motifs is 2. The van der Waals surface area contributed by atoms with Crippen LogP contribution in [0.1, 0.15) is 25.0 Å². The van der Waals surface area contributed by atoms with Gasteiger partial charge >= 0.3 is 6.09 Å². The van der Waals surface area contributed by atoms with Gasteiger partial charge in [0, 0.05) is 37.9 Å². The molecule has 0 radical (unpaired) electrons. The zero-order chi connectivity index (χ0) is 24.2. The van der Waals surface area contributed by atoms with E-state index in [2.05, 4.69) is 29.0 Å². The van der Waals surface area contributed by atoms with Crippen LogP contribution in [0.5, 0.6) is 11.5 Å². The Balaban J connectivity index is 1.39. The van der Waals surface area contributed by atoms with E-state index in [9.17, 15) is 4.79 Å². The Bertz CT molecular complexity index is 1220. The van der Waals surface area contributed by atoms with Crippen molar-refractivity contribution < 1.29 is 14.3 Å². The number of hydrogen-bond acceptors (Lipinski definition) is 6. The number of piperazine rings is 1. The van der Waals surface area contributed by atoms with E-state index in [1.807, 2.05) is 72.8 Å². The van der Waals surface area contributed by atoms with Crippen LogP contribution in [-0.2, 0) is 11.3 Å². The zero-order valence-corrected chi connectivity index (χ0v) is 20.1. The van der Waals surface area contributed by atoms with Crippen molar-refractivity contribution in [2.24, 2.45) is 4.99 Å². The molecule has 35 heavy (non-hydrogen) atoms. The van der Waals surface area contributed by atoms with Crippen LogP contribution in [0.25, 0.3) is 0 Å². The van der Waals surface area contributed by atoms with Crippen LogP contribution in [0, 0.1) is 0 Å². The molecule has 5 rings (SSSR count). The minimum absolute atomic E-state index is 0.211. The Morgan fingerprint density at radius 3 is 2.49 bits per heavy atom. The average molecular weight is 471 g/mol. The smallest absolute Gasteiger partial charge is 0.411 e. The molecule has 180 valence electrons. The fraction of sp³-hybridized carbons (Fsp3) is 0.286. The summed E-state index contributed by atoms with van der Waals surface area (Å²) in [5, 5.41) is 2.85. The molecule has 1 amide bonds. The molecule has 3 aromatic carbocycles. The number of ether oxygens (including phenoxy) is 2. The van der Waals surface area contributed by atoms with E-state index in [4.69, 9.17) is 14.5 Å². The van der Waals surface area contributed by atoms with E-state index in [-0.39, 0.29) is 6.61 Å². The van der Waals surface area contributed by atoms with Crippen molar-refractivity contribution in [1.29, 1.82) is 0 Å². The first-order valence-corrected chi connectivity index (χ1v) is 12.0. The third-order valence-electron chi connectivity index (χ3n) is 6.34. The number of carbonyl (C=O) groups excluding carboxylic acids is 1. The highest BCUT2D eigenvalue weighted by Crippen LogP contribution is 2.39. The van der Waals surface area contributed by atoms with Gasteiger partial charge in [0.2, 0.25) is 0 Å². The number of anilines is 1. The Kier molecular flexibility index (Phi) is 6.68.